The molecule has 0 radical (unpaired) electrons. The van der Waals surface area contributed by atoms with E-state index >= 15 is 0 Å². The first-order valence-electron chi connectivity index (χ1n) is 13.1. The third kappa shape index (κ3) is 9.35. The summed E-state index contributed by atoms with van der Waals surface area (Å²) in [5.41, 5.74) is 1.87. The van der Waals surface area contributed by atoms with Gasteiger partial charge in [-0.1, -0.05) is 37.6 Å². The number of benzene rings is 2. The summed E-state index contributed by atoms with van der Waals surface area (Å²) in [6.07, 6.45) is 1.02. The standard InChI is InChI=1S/C21H22N2O3.C9H17NO3/c1-3-6-17-13-23(19-8-5-4-7-18(19)22-20(17)25)21(26)16-11-9-15(10-12-16)14(2)24;1-6(7(2)11)10-8(12)13-9(3,4)5/h4-5,7-12,17H,3,6,13H2,1-2H3,(H,22,25);6H,1-5H3,(H,10,12)/t;6-/m.0/s1. The lowest BCUT2D eigenvalue weighted by molar-refractivity contribution is -0.120. The molecule has 2 N–H and O–H groups in total. The third-order valence-electron chi connectivity index (χ3n) is 5.99. The van der Waals surface area contributed by atoms with Crippen LogP contribution >= 0.6 is 0 Å². The van der Waals surface area contributed by atoms with Gasteiger partial charge in [0.25, 0.3) is 5.91 Å². The minimum Gasteiger partial charge on any atom is -0.444 e. The van der Waals surface area contributed by atoms with E-state index in [-0.39, 0.29) is 29.3 Å². The first-order valence-corrected chi connectivity index (χ1v) is 13.1. The SMILES string of the molecule is CC(=O)[C@H](C)NC(=O)OC(C)(C)C.CCCC1CN(C(=O)c2ccc(C(C)=O)cc2)c2ccccc2NC1=O. The highest BCUT2D eigenvalue weighted by Gasteiger charge is 2.31. The molecule has 0 bridgehead atoms. The molecule has 2 aromatic carbocycles. The number of carbonyl (C=O) groups is 5. The number of carbonyl (C=O) groups excluding carboxylic acids is 5. The van der Waals surface area contributed by atoms with Crippen LogP contribution in [0.15, 0.2) is 48.5 Å². The van der Waals surface area contributed by atoms with Crippen molar-refractivity contribution >= 4 is 40.8 Å². The number of anilines is 2. The fourth-order valence-electron chi connectivity index (χ4n) is 3.80. The summed E-state index contributed by atoms with van der Waals surface area (Å²) in [6, 6.07) is 13.5. The number of Topliss-reactive ketones (excluding diaryl/α,β-unsaturated/α-hetero) is 2. The van der Waals surface area contributed by atoms with Crippen molar-refractivity contribution in [2.45, 2.75) is 73.0 Å². The van der Waals surface area contributed by atoms with E-state index in [1.807, 2.05) is 25.1 Å². The predicted octanol–water partition coefficient (Wildman–Crippen LogP) is 5.39. The molecule has 3 rings (SSSR count). The minimum atomic E-state index is -0.560. The Labute approximate surface area is 230 Å². The second kappa shape index (κ2) is 13.7. The van der Waals surface area contributed by atoms with Crippen LogP contribution in [0.1, 0.15) is 82.0 Å². The van der Waals surface area contributed by atoms with E-state index in [2.05, 4.69) is 10.6 Å². The van der Waals surface area contributed by atoms with Gasteiger partial charge < -0.3 is 20.3 Å². The number of alkyl carbamates (subject to hydrolysis) is 1. The normalized spacial score (nSPS) is 15.4. The Balaban J connectivity index is 0.000000349. The van der Waals surface area contributed by atoms with Gasteiger partial charge >= 0.3 is 6.09 Å². The van der Waals surface area contributed by atoms with Crippen LogP contribution in [0.3, 0.4) is 0 Å². The van der Waals surface area contributed by atoms with Gasteiger partial charge in [0.05, 0.1) is 23.3 Å². The molecule has 2 aromatic rings. The summed E-state index contributed by atoms with van der Waals surface area (Å²) in [6.45, 7) is 12.2. The largest absolute Gasteiger partial charge is 0.444 e. The van der Waals surface area contributed by atoms with Crippen LogP contribution in [0.4, 0.5) is 16.2 Å². The van der Waals surface area contributed by atoms with Gasteiger partial charge in [-0.25, -0.2) is 4.79 Å². The zero-order valence-corrected chi connectivity index (χ0v) is 23.8. The molecule has 0 aliphatic carbocycles. The van der Waals surface area contributed by atoms with Gasteiger partial charge in [0.15, 0.2) is 11.6 Å². The van der Waals surface area contributed by atoms with Gasteiger partial charge in [-0.2, -0.15) is 0 Å². The Kier molecular flexibility index (Phi) is 11.0. The zero-order valence-electron chi connectivity index (χ0n) is 23.8. The average Bonchev–Trinajstić information content (AvgIpc) is 2.99. The first-order chi connectivity index (χ1) is 18.2. The van der Waals surface area contributed by atoms with E-state index in [0.717, 1.165) is 6.42 Å². The summed E-state index contributed by atoms with van der Waals surface area (Å²) in [7, 11) is 0. The van der Waals surface area contributed by atoms with E-state index in [4.69, 9.17) is 4.74 Å². The minimum absolute atomic E-state index is 0.0399. The number of nitrogens with zero attached hydrogens (tertiary/aromatic N) is 1. The number of ether oxygens (including phenoxy) is 1. The van der Waals surface area contributed by atoms with Crippen molar-refractivity contribution in [2.24, 2.45) is 5.92 Å². The van der Waals surface area contributed by atoms with Crippen molar-refractivity contribution in [3.05, 3.63) is 59.7 Å². The fourth-order valence-corrected chi connectivity index (χ4v) is 3.80. The van der Waals surface area contributed by atoms with Gasteiger partial charge in [0.1, 0.15) is 5.60 Å². The number of para-hydroxylation sites is 2. The molecule has 0 saturated heterocycles. The van der Waals surface area contributed by atoms with E-state index in [0.29, 0.717) is 35.5 Å². The monoisotopic (exact) mass is 537 g/mol. The highest BCUT2D eigenvalue weighted by Crippen LogP contribution is 2.32. The number of rotatable bonds is 6. The van der Waals surface area contributed by atoms with Gasteiger partial charge in [0, 0.05) is 17.7 Å². The Morgan fingerprint density at radius 1 is 1.03 bits per heavy atom. The highest BCUT2D eigenvalue weighted by atomic mass is 16.6. The van der Waals surface area contributed by atoms with Gasteiger partial charge in [-0.15, -0.1) is 0 Å². The number of amides is 3. The molecule has 2 atom stereocenters. The Morgan fingerprint density at radius 3 is 2.15 bits per heavy atom. The van der Waals surface area contributed by atoms with E-state index < -0.39 is 17.7 Å². The van der Waals surface area contributed by atoms with Crippen molar-refractivity contribution in [2.75, 3.05) is 16.8 Å². The van der Waals surface area contributed by atoms with Crippen molar-refractivity contribution in [1.29, 1.82) is 0 Å². The second-order valence-electron chi connectivity index (χ2n) is 10.5. The topological polar surface area (TPSA) is 122 Å². The smallest absolute Gasteiger partial charge is 0.408 e. The zero-order chi connectivity index (χ0) is 29.3. The molecule has 39 heavy (non-hydrogen) atoms. The van der Waals surface area contributed by atoms with Gasteiger partial charge in [-0.3, -0.25) is 19.2 Å². The lowest BCUT2D eigenvalue weighted by atomic mass is 10.0. The van der Waals surface area contributed by atoms with Crippen LogP contribution in [0, 0.1) is 5.92 Å². The molecule has 9 heteroatoms. The molecule has 0 saturated carbocycles. The Hall–Kier alpha value is -4.01. The Bertz CT molecular complexity index is 1200. The molecule has 1 unspecified atom stereocenters. The summed E-state index contributed by atoms with van der Waals surface area (Å²) in [5, 5.41) is 5.37. The molecule has 1 aliphatic heterocycles. The van der Waals surface area contributed by atoms with Crippen molar-refractivity contribution < 1.29 is 28.7 Å². The molecule has 3 amide bonds. The van der Waals surface area contributed by atoms with Crippen molar-refractivity contribution in [3.8, 4) is 0 Å². The maximum absolute atomic E-state index is 13.2. The fraction of sp³-hybridized carbons (Fsp3) is 0.433. The second-order valence-corrected chi connectivity index (χ2v) is 10.5. The first kappa shape index (κ1) is 31.2. The van der Waals surface area contributed by atoms with Gasteiger partial charge in [0.2, 0.25) is 5.91 Å². The van der Waals surface area contributed by atoms with Crippen LogP contribution in [0.25, 0.3) is 0 Å². The lowest BCUT2D eigenvalue weighted by Crippen LogP contribution is -2.40. The summed E-state index contributed by atoms with van der Waals surface area (Å²) in [5.74, 6) is -0.618. The molecule has 0 spiro atoms. The van der Waals surface area contributed by atoms with Crippen LogP contribution in [0.2, 0.25) is 0 Å². The van der Waals surface area contributed by atoms with E-state index in [9.17, 15) is 24.0 Å². The van der Waals surface area contributed by atoms with E-state index in [1.165, 1.54) is 13.8 Å². The predicted molar refractivity (Wildman–Crippen MR) is 151 cm³/mol. The lowest BCUT2D eigenvalue weighted by Gasteiger charge is -2.24. The van der Waals surface area contributed by atoms with Crippen LogP contribution in [-0.2, 0) is 14.3 Å². The summed E-state index contributed by atoms with van der Waals surface area (Å²) >= 11 is 0. The van der Waals surface area contributed by atoms with Crippen LogP contribution in [-0.4, -0.2) is 47.7 Å². The van der Waals surface area contributed by atoms with Crippen molar-refractivity contribution in [3.63, 3.8) is 0 Å². The number of hydrogen-bond donors (Lipinski definition) is 2. The van der Waals surface area contributed by atoms with Crippen LogP contribution < -0.4 is 15.5 Å². The number of nitrogens with one attached hydrogen (secondary N) is 2. The molecule has 1 heterocycles. The van der Waals surface area contributed by atoms with Crippen molar-refractivity contribution in [1.82, 2.24) is 5.32 Å². The number of hydrogen-bond acceptors (Lipinski definition) is 6. The van der Waals surface area contributed by atoms with Crippen LogP contribution in [0.5, 0.6) is 0 Å². The molecule has 9 nitrogen and oxygen atoms in total. The quantitative estimate of drug-likeness (QED) is 0.476. The summed E-state index contributed by atoms with van der Waals surface area (Å²) in [4.78, 5) is 60.6. The molecule has 210 valence electrons. The number of fused-ring (bicyclic) bond motifs is 1. The average molecular weight is 538 g/mol. The molecule has 0 fully saturated rings. The Morgan fingerprint density at radius 2 is 1.62 bits per heavy atom. The number of ketones is 2. The van der Waals surface area contributed by atoms with Gasteiger partial charge in [-0.05, 0) is 72.2 Å². The third-order valence-corrected chi connectivity index (χ3v) is 5.99. The maximum Gasteiger partial charge on any atom is 0.408 e. The molecule has 1 aliphatic rings. The van der Waals surface area contributed by atoms with E-state index in [1.54, 1.807) is 62.9 Å². The molecular formula is C30H39N3O6. The molecular weight excluding hydrogens is 498 g/mol. The molecule has 0 aromatic heterocycles. The highest BCUT2D eigenvalue weighted by molar-refractivity contribution is 6.11. The maximum atomic E-state index is 13.2. The summed E-state index contributed by atoms with van der Waals surface area (Å²) < 4.78 is 4.96.